The lowest BCUT2D eigenvalue weighted by Gasteiger charge is -2.48. The Morgan fingerprint density at radius 3 is 2.31 bits per heavy atom. The minimum Gasteiger partial charge on any atom is -0.481 e. The van der Waals surface area contributed by atoms with Gasteiger partial charge in [0.15, 0.2) is 5.65 Å². The summed E-state index contributed by atoms with van der Waals surface area (Å²) >= 11 is 0. The molecule has 202 valence electrons. The van der Waals surface area contributed by atoms with E-state index < -0.39 is 10.0 Å². The minimum atomic E-state index is -3.96. The summed E-state index contributed by atoms with van der Waals surface area (Å²) in [6, 6.07) is 15.9. The monoisotopic (exact) mass is 545 g/mol. The molecule has 10 heteroatoms. The number of aryl methyl sites for hydroxylation is 1. The number of pyridine rings is 2. The van der Waals surface area contributed by atoms with Crippen molar-refractivity contribution in [2.45, 2.75) is 42.8 Å². The predicted molar refractivity (Wildman–Crippen MR) is 149 cm³/mol. The van der Waals surface area contributed by atoms with Gasteiger partial charge in [-0.05, 0) is 50.1 Å². The first kappa shape index (κ1) is 24.6. The van der Waals surface area contributed by atoms with Crippen LogP contribution < -0.4 is 9.64 Å². The van der Waals surface area contributed by atoms with Crippen LogP contribution in [0.4, 0.5) is 5.69 Å². The number of nitrogens with zero attached hydrogens (tertiary/aromatic N) is 5. The van der Waals surface area contributed by atoms with Gasteiger partial charge in [0.2, 0.25) is 5.88 Å². The standard InChI is InChI=1S/C29H31N5O4S/c1-19-3-7-24(8-4-19)39(35,36)34-27(20-9-11-30-28(13-20)37-2)14-25-26(10-12-31-29(25)34)32-15-21-5-6-22(16-32)33(21)23-17-38-18-23/h3-4,7-14,21-23H,5-6,15-18H2,1-2H3. The molecule has 6 heterocycles. The van der Waals surface area contributed by atoms with Crippen molar-refractivity contribution in [2.24, 2.45) is 0 Å². The van der Waals surface area contributed by atoms with Gasteiger partial charge in [-0.25, -0.2) is 22.4 Å². The molecule has 2 bridgehead atoms. The number of methoxy groups -OCH3 is 1. The van der Waals surface area contributed by atoms with Crippen molar-refractivity contribution in [3.8, 4) is 17.1 Å². The zero-order chi connectivity index (χ0) is 26.7. The Morgan fingerprint density at radius 2 is 1.64 bits per heavy atom. The quantitative estimate of drug-likeness (QED) is 0.362. The van der Waals surface area contributed by atoms with Gasteiger partial charge in [0.25, 0.3) is 10.0 Å². The second-order valence-corrected chi connectivity index (χ2v) is 12.5. The summed E-state index contributed by atoms with van der Waals surface area (Å²) in [7, 11) is -2.41. The van der Waals surface area contributed by atoms with Gasteiger partial charge in [-0.15, -0.1) is 0 Å². The molecule has 3 aliphatic heterocycles. The first-order chi connectivity index (χ1) is 18.9. The lowest BCUT2D eigenvalue weighted by molar-refractivity contribution is -0.0849. The Morgan fingerprint density at radius 1 is 0.923 bits per heavy atom. The van der Waals surface area contributed by atoms with Gasteiger partial charge in [0.05, 0.1) is 37.0 Å². The normalized spacial score (nSPS) is 21.8. The van der Waals surface area contributed by atoms with Crippen molar-refractivity contribution in [3.63, 3.8) is 0 Å². The average Bonchev–Trinajstić information content (AvgIpc) is 3.42. The number of piperazine rings is 1. The van der Waals surface area contributed by atoms with Crippen LogP contribution in [-0.4, -0.2) is 78.8 Å². The average molecular weight is 546 g/mol. The van der Waals surface area contributed by atoms with Crippen LogP contribution in [0.1, 0.15) is 18.4 Å². The highest BCUT2D eigenvalue weighted by atomic mass is 32.2. The molecule has 0 radical (unpaired) electrons. The second kappa shape index (κ2) is 9.32. The van der Waals surface area contributed by atoms with Crippen LogP contribution in [0.3, 0.4) is 0 Å². The summed E-state index contributed by atoms with van der Waals surface area (Å²) in [6.45, 7) is 5.39. The van der Waals surface area contributed by atoms with Crippen LogP contribution in [0.15, 0.2) is 65.8 Å². The van der Waals surface area contributed by atoms with E-state index in [0.717, 1.165) is 42.9 Å². The van der Waals surface area contributed by atoms with E-state index in [9.17, 15) is 8.42 Å². The van der Waals surface area contributed by atoms with E-state index >= 15 is 0 Å². The predicted octanol–water partition coefficient (Wildman–Crippen LogP) is 3.70. The van der Waals surface area contributed by atoms with Crippen molar-refractivity contribution in [1.29, 1.82) is 0 Å². The molecule has 7 rings (SSSR count). The lowest BCUT2D eigenvalue weighted by atomic mass is 10.1. The van der Waals surface area contributed by atoms with E-state index in [0.29, 0.717) is 40.9 Å². The van der Waals surface area contributed by atoms with Crippen molar-refractivity contribution >= 4 is 26.7 Å². The molecule has 0 saturated carbocycles. The van der Waals surface area contributed by atoms with Crippen molar-refractivity contribution < 1.29 is 17.9 Å². The van der Waals surface area contributed by atoms with Crippen molar-refractivity contribution in [2.75, 3.05) is 38.3 Å². The van der Waals surface area contributed by atoms with Gasteiger partial charge >= 0.3 is 0 Å². The van der Waals surface area contributed by atoms with E-state index in [1.54, 1.807) is 43.8 Å². The molecule has 0 N–H and O–H groups in total. The Labute approximate surface area is 228 Å². The fourth-order valence-electron chi connectivity index (χ4n) is 6.40. The summed E-state index contributed by atoms with van der Waals surface area (Å²) in [4.78, 5) is 14.2. The maximum atomic E-state index is 14.2. The summed E-state index contributed by atoms with van der Waals surface area (Å²) in [5, 5.41) is 0.818. The molecule has 1 aromatic carbocycles. The number of anilines is 1. The van der Waals surface area contributed by atoms with Crippen molar-refractivity contribution in [1.82, 2.24) is 18.8 Å². The Balaban J connectivity index is 1.38. The Bertz CT molecular complexity index is 1630. The number of ether oxygens (including phenoxy) is 2. The molecule has 0 aliphatic carbocycles. The molecule has 3 fully saturated rings. The summed E-state index contributed by atoms with van der Waals surface area (Å²) in [6.07, 6.45) is 5.71. The number of hydrogen-bond acceptors (Lipinski definition) is 8. The van der Waals surface area contributed by atoms with E-state index in [2.05, 4.69) is 19.8 Å². The van der Waals surface area contributed by atoms with Gasteiger partial charge in [-0.1, -0.05) is 17.7 Å². The number of benzene rings is 1. The van der Waals surface area contributed by atoms with Gasteiger partial charge in [-0.2, -0.15) is 0 Å². The molecule has 0 spiro atoms. The van der Waals surface area contributed by atoms with Gasteiger partial charge in [0, 0.05) is 60.3 Å². The SMILES string of the molecule is COc1cc(-c2cc3c(N4CC5CCC(C4)N5C4COC4)ccnc3n2S(=O)(=O)c2ccc(C)cc2)ccn1. The molecule has 9 nitrogen and oxygen atoms in total. The maximum absolute atomic E-state index is 14.2. The first-order valence-electron chi connectivity index (χ1n) is 13.4. The first-order valence-corrected chi connectivity index (χ1v) is 14.8. The smallest absolute Gasteiger partial charge is 0.269 e. The molecule has 4 aromatic rings. The maximum Gasteiger partial charge on any atom is 0.269 e. The van der Waals surface area contributed by atoms with E-state index in [4.69, 9.17) is 9.47 Å². The van der Waals surface area contributed by atoms with E-state index in [1.807, 2.05) is 31.2 Å². The molecule has 3 saturated heterocycles. The second-order valence-electron chi connectivity index (χ2n) is 10.7. The zero-order valence-electron chi connectivity index (χ0n) is 22.0. The summed E-state index contributed by atoms with van der Waals surface area (Å²) < 4.78 is 40.6. The largest absolute Gasteiger partial charge is 0.481 e. The minimum absolute atomic E-state index is 0.217. The molecular weight excluding hydrogens is 514 g/mol. The number of rotatable bonds is 6. The molecule has 0 amide bonds. The molecular formula is C29H31N5O4S. The number of hydrogen-bond donors (Lipinski definition) is 0. The molecule has 2 unspecified atom stereocenters. The van der Waals surface area contributed by atoms with Crippen LogP contribution in [-0.2, 0) is 14.8 Å². The van der Waals surface area contributed by atoms with Gasteiger partial charge in [0.1, 0.15) is 0 Å². The Hall–Kier alpha value is -3.47. The van der Waals surface area contributed by atoms with Crippen LogP contribution in [0.25, 0.3) is 22.3 Å². The van der Waals surface area contributed by atoms with Crippen LogP contribution in [0.2, 0.25) is 0 Å². The van der Waals surface area contributed by atoms with E-state index in [1.165, 1.54) is 16.8 Å². The third-order valence-electron chi connectivity index (χ3n) is 8.36. The summed E-state index contributed by atoms with van der Waals surface area (Å²) in [5.74, 6) is 0.415. The molecule has 2 atom stereocenters. The molecule has 3 aliphatic rings. The Kier molecular flexibility index (Phi) is 5.87. The van der Waals surface area contributed by atoms with Crippen LogP contribution in [0, 0.1) is 6.92 Å². The zero-order valence-corrected chi connectivity index (χ0v) is 22.8. The highest BCUT2D eigenvalue weighted by Crippen LogP contribution is 2.40. The highest BCUT2D eigenvalue weighted by molar-refractivity contribution is 7.90. The molecule has 3 aromatic heterocycles. The third kappa shape index (κ3) is 4.00. The fourth-order valence-corrected chi connectivity index (χ4v) is 7.88. The van der Waals surface area contributed by atoms with Crippen LogP contribution in [0.5, 0.6) is 5.88 Å². The third-order valence-corrected chi connectivity index (χ3v) is 10.1. The fraction of sp³-hybridized carbons (Fsp3) is 0.379. The highest BCUT2D eigenvalue weighted by Gasteiger charge is 2.45. The van der Waals surface area contributed by atoms with Crippen LogP contribution >= 0.6 is 0 Å². The topological polar surface area (TPSA) is 89.8 Å². The number of aromatic nitrogens is 3. The lowest BCUT2D eigenvalue weighted by Crippen LogP contribution is -2.62. The van der Waals surface area contributed by atoms with Gasteiger partial charge < -0.3 is 14.4 Å². The molecule has 39 heavy (non-hydrogen) atoms. The van der Waals surface area contributed by atoms with Crippen molar-refractivity contribution in [3.05, 3.63) is 66.5 Å². The van der Waals surface area contributed by atoms with Gasteiger partial charge in [-0.3, -0.25) is 4.90 Å². The van der Waals surface area contributed by atoms with E-state index in [-0.39, 0.29) is 4.90 Å². The summed E-state index contributed by atoms with van der Waals surface area (Å²) in [5.41, 5.74) is 3.64. The number of fused-ring (bicyclic) bond motifs is 3.